The predicted octanol–water partition coefficient (Wildman–Crippen LogP) is 2.56. The van der Waals surface area contributed by atoms with Crippen LogP contribution in [0.4, 0.5) is 0 Å². The zero-order valence-electron chi connectivity index (χ0n) is 15.6. The van der Waals surface area contributed by atoms with Gasteiger partial charge in [0.2, 0.25) is 0 Å². The molecule has 0 aliphatic rings. The molecule has 0 unspecified atom stereocenters. The summed E-state index contributed by atoms with van der Waals surface area (Å²) in [6.45, 7) is 8.43. The van der Waals surface area contributed by atoms with Crippen molar-refractivity contribution in [2.75, 3.05) is 47.4 Å². The van der Waals surface area contributed by atoms with Gasteiger partial charge in [-0.2, -0.15) is 0 Å². The molecule has 0 amide bonds. The Kier molecular flexibility index (Phi) is 12.1. The summed E-state index contributed by atoms with van der Waals surface area (Å²) in [5.74, 6) is 1.70. The second-order valence-electron chi connectivity index (χ2n) is 6.74. The summed E-state index contributed by atoms with van der Waals surface area (Å²) in [5, 5.41) is 6.70. The average Bonchev–Trinajstić information content (AvgIpc) is 2.97. The Bertz CT molecular complexity index is 447. The van der Waals surface area contributed by atoms with Gasteiger partial charge in [-0.05, 0) is 38.1 Å². The maximum Gasteiger partial charge on any atom is 0.190 e. The molecule has 140 valence electrons. The summed E-state index contributed by atoms with van der Waals surface area (Å²) in [6.07, 6.45) is 2.58. The van der Waals surface area contributed by atoms with E-state index in [2.05, 4.69) is 48.5 Å². The number of furan rings is 1. The molecule has 0 atom stereocenters. The molecular formula is C17H33IN4O2. The molecule has 24 heavy (non-hydrogen) atoms. The summed E-state index contributed by atoms with van der Waals surface area (Å²) in [7, 11) is 5.98. The molecule has 0 saturated carbocycles. The molecule has 1 aromatic rings. The number of hydrogen-bond donors (Lipinski definition) is 2. The van der Waals surface area contributed by atoms with E-state index in [1.54, 1.807) is 13.3 Å². The lowest BCUT2D eigenvalue weighted by atomic mass is 9.93. The summed E-state index contributed by atoms with van der Waals surface area (Å²) in [5.41, 5.74) is 0.188. The first-order valence-electron chi connectivity index (χ1n) is 8.12. The third kappa shape index (κ3) is 10.9. The highest BCUT2D eigenvalue weighted by atomic mass is 127. The molecule has 0 aliphatic carbocycles. The zero-order valence-corrected chi connectivity index (χ0v) is 17.9. The van der Waals surface area contributed by atoms with E-state index >= 15 is 0 Å². The van der Waals surface area contributed by atoms with Crippen LogP contribution in [0.3, 0.4) is 0 Å². The van der Waals surface area contributed by atoms with Crippen molar-refractivity contribution in [3.63, 3.8) is 0 Å². The van der Waals surface area contributed by atoms with Crippen LogP contribution in [0, 0.1) is 5.41 Å². The lowest BCUT2D eigenvalue weighted by Gasteiger charge is -2.29. The van der Waals surface area contributed by atoms with Crippen LogP contribution < -0.4 is 10.6 Å². The Morgan fingerprint density at radius 1 is 1.33 bits per heavy atom. The van der Waals surface area contributed by atoms with E-state index in [9.17, 15) is 0 Å². The van der Waals surface area contributed by atoms with Gasteiger partial charge in [-0.15, -0.1) is 24.0 Å². The van der Waals surface area contributed by atoms with E-state index in [0.717, 1.165) is 37.8 Å². The van der Waals surface area contributed by atoms with Crippen LogP contribution in [0.5, 0.6) is 0 Å². The van der Waals surface area contributed by atoms with Gasteiger partial charge in [0.1, 0.15) is 12.4 Å². The fourth-order valence-electron chi connectivity index (χ4n) is 2.40. The lowest BCUT2D eigenvalue weighted by molar-refractivity contribution is 0.105. The van der Waals surface area contributed by atoms with Crippen molar-refractivity contribution in [3.8, 4) is 0 Å². The van der Waals surface area contributed by atoms with E-state index in [0.29, 0.717) is 13.2 Å². The topological polar surface area (TPSA) is 62.0 Å². The van der Waals surface area contributed by atoms with Gasteiger partial charge in [-0.25, -0.2) is 0 Å². The molecule has 0 aromatic carbocycles. The smallest absolute Gasteiger partial charge is 0.190 e. The molecule has 1 heterocycles. The molecule has 0 aliphatic heterocycles. The minimum atomic E-state index is 0. The number of nitrogens with one attached hydrogen (secondary N) is 2. The number of ether oxygens (including phenoxy) is 1. The van der Waals surface area contributed by atoms with Crippen LogP contribution in [-0.4, -0.2) is 58.2 Å². The summed E-state index contributed by atoms with van der Waals surface area (Å²) in [4.78, 5) is 6.46. The highest BCUT2D eigenvalue weighted by molar-refractivity contribution is 14.0. The average molecular weight is 452 g/mol. The number of rotatable bonds is 10. The third-order valence-corrected chi connectivity index (χ3v) is 3.28. The van der Waals surface area contributed by atoms with Crippen LogP contribution in [0.25, 0.3) is 0 Å². The van der Waals surface area contributed by atoms with E-state index in [1.807, 2.05) is 12.1 Å². The van der Waals surface area contributed by atoms with Gasteiger partial charge in [-0.1, -0.05) is 13.8 Å². The highest BCUT2D eigenvalue weighted by Gasteiger charge is 2.19. The SMILES string of the molecule is CN=C(NCCCOCc1ccco1)NCC(C)(C)CN(C)C.I. The molecule has 6 nitrogen and oxygen atoms in total. The van der Waals surface area contributed by atoms with Crippen molar-refractivity contribution in [2.45, 2.75) is 26.9 Å². The molecule has 0 fully saturated rings. The second kappa shape index (κ2) is 12.5. The fourth-order valence-corrected chi connectivity index (χ4v) is 2.40. The molecular weight excluding hydrogens is 419 g/mol. The molecule has 0 radical (unpaired) electrons. The number of aliphatic imine (C=N–C) groups is 1. The van der Waals surface area contributed by atoms with Gasteiger partial charge in [0.05, 0.1) is 6.26 Å². The van der Waals surface area contributed by atoms with Gasteiger partial charge in [0.15, 0.2) is 5.96 Å². The van der Waals surface area contributed by atoms with Crippen molar-refractivity contribution >= 4 is 29.9 Å². The van der Waals surface area contributed by atoms with Crippen LogP contribution in [-0.2, 0) is 11.3 Å². The van der Waals surface area contributed by atoms with Crippen molar-refractivity contribution in [2.24, 2.45) is 10.4 Å². The van der Waals surface area contributed by atoms with Crippen molar-refractivity contribution in [1.82, 2.24) is 15.5 Å². The maximum absolute atomic E-state index is 5.55. The van der Waals surface area contributed by atoms with Crippen LogP contribution in [0.15, 0.2) is 27.8 Å². The number of hydrogen-bond acceptors (Lipinski definition) is 4. The standard InChI is InChI=1S/C17H32N4O2.HI/c1-17(2,14-21(4)5)13-20-16(18-3)19-9-7-10-22-12-15-8-6-11-23-15;/h6,8,11H,7,9-10,12-14H2,1-5H3,(H2,18,19,20);1H. The van der Waals surface area contributed by atoms with E-state index in [1.165, 1.54) is 0 Å². The van der Waals surface area contributed by atoms with Crippen molar-refractivity contribution < 1.29 is 9.15 Å². The van der Waals surface area contributed by atoms with E-state index in [4.69, 9.17) is 9.15 Å². The fraction of sp³-hybridized carbons (Fsp3) is 0.706. The van der Waals surface area contributed by atoms with Crippen LogP contribution >= 0.6 is 24.0 Å². The number of guanidine groups is 1. The Morgan fingerprint density at radius 3 is 2.67 bits per heavy atom. The van der Waals surface area contributed by atoms with E-state index < -0.39 is 0 Å². The summed E-state index contributed by atoms with van der Waals surface area (Å²) in [6, 6.07) is 3.78. The minimum absolute atomic E-state index is 0. The highest BCUT2D eigenvalue weighted by Crippen LogP contribution is 2.13. The van der Waals surface area contributed by atoms with Gasteiger partial charge in [-0.3, -0.25) is 4.99 Å². The minimum Gasteiger partial charge on any atom is -0.467 e. The second-order valence-corrected chi connectivity index (χ2v) is 6.74. The lowest BCUT2D eigenvalue weighted by Crippen LogP contribution is -2.45. The Balaban J connectivity index is 0.00000529. The normalized spacial score (nSPS) is 12.2. The van der Waals surface area contributed by atoms with E-state index in [-0.39, 0.29) is 29.4 Å². The molecule has 7 heteroatoms. The zero-order chi connectivity index (χ0) is 17.1. The van der Waals surface area contributed by atoms with Gasteiger partial charge < -0.3 is 24.7 Å². The Hall–Kier alpha value is -0.800. The van der Waals surface area contributed by atoms with Gasteiger partial charge in [0.25, 0.3) is 0 Å². The first-order chi connectivity index (χ1) is 10.9. The van der Waals surface area contributed by atoms with Crippen LogP contribution in [0.2, 0.25) is 0 Å². The number of nitrogens with zero attached hydrogens (tertiary/aromatic N) is 2. The van der Waals surface area contributed by atoms with Gasteiger partial charge in [0, 0.05) is 33.3 Å². The largest absolute Gasteiger partial charge is 0.467 e. The first-order valence-corrected chi connectivity index (χ1v) is 8.12. The predicted molar refractivity (Wildman–Crippen MR) is 110 cm³/mol. The Labute approximate surface area is 163 Å². The summed E-state index contributed by atoms with van der Waals surface area (Å²) >= 11 is 0. The monoisotopic (exact) mass is 452 g/mol. The quantitative estimate of drug-likeness (QED) is 0.247. The van der Waals surface area contributed by atoms with Crippen LogP contribution in [0.1, 0.15) is 26.0 Å². The first kappa shape index (κ1) is 23.2. The molecule has 1 aromatic heterocycles. The molecule has 0 spiro atoms. The third-order valence-electron chi connectivity index (χ3n) is 3.28. The molecule has 2 N–H and O–H groups in total. The van der Waals surface area contributed by atoms with Gasteiger partial charge >= 0.3 is 0 Å². The molecule has 0 bridgehead atoms. The van der Waals surface area contributed by atoms with Crippen molar-refractivity contribution in [3.05, 3.63) is 24.2 Å². The number of halogens is 1. The molecule has 0 saturated heterocycles. The maximum atomic E-state index is 5.55. The molecule has 1 rings (SSSR count). The Morgan fingerprint density at radius 2 is 2.08 bits per heavy atom. The summed E-state index contributed by atoms with van der Waals surface area (Å²) < 4.78 is 10.8. The van der Waals surface area contributed by atoms with Crippen molar-refractivity contribution in [1.29, 1.82) is 0 Å².